The third-order valence-corrected chi connectivity index (χ3v) is 5.17. The molecule has 20 heavy (non-hydrogen) atoms. The fourth-order valence-corrected chi connectivity index (χ4v) is 4.01. The minimum Gasteiger partial charge on any atom is -0.493 e. The molecule has 3 unspecified atom stereocenters. The summed E-state index contributed by atoms with van der Waals surface area (Å²) in [6, 6.07) is 4.68. The van der Waals surface area contributed by atoms with E-state index in [1.54, 1.807) is 14.2 Å². The van der Waals surface area contributed by atoms with Crippen LogP contribution in [0.2, 0.25) is 0 Å². The van der Waals surface area contributed by atoms with Gasteiger partial charge in [0.2, 0.25) is 0 Å². The van der Waals surface area contributed by atoms with Crippen LogP contribution in [0.3, 0.4) is 0 Å². The standard InChI is InChI=1S/C17H25NO2/c1-10-5-15(19-3)16(20-4)9-14(10)17(18-2)13-7-11-6-12(11)8-13/h5,9,11-13,17-18H,6-8H2,1-4H3. The van der Waals surface area contributed by atoms with Gasteiger partial charge >= 0.3 is 0 Å². The largest absolute Gasteiger partial charge is 0.493 e. The molecule has 3 heteroatoms. The Morgan fingerprint density at radius 2 is 1.65 bits per heavy atom. The summed E-state index contributed by atoms with van der Waals surface area (Å²) in [7, 11) is 5.47. The zero-order valence-corrected chi connectivity index (χ0v) is 12.9. The monoisotopic (exact) mass is 275 g/mol. The van der Waals surface area contributed by atoms with E-state index in [-0.39, 0.29) is 0 Å². The lowest BCUT2D eigenvalue weighted by Crippen LogP contribution is -2.25. The van der Waals surface area contributed by atoms with E-state index in [0.29, 0.717) is 6.04 Å². The van der Waals surface area contributed by atoms with Gasteiger partial charge in [-0.2, -0.15) is 0 Å². The summed E-state index contributed by atoms with van der Waals surface area (Å²) in [4.78, 5) is 0. The number of nitrogens with one attached hydrogen (secondary N) is 1. The number of methoxy groups -OCH3 is 2. The van der Waals surface area contributed by atoms with Gasteiger partial charge in [-0.05, 0) is 74.2 Å². The minimum absolute atomic E-state index is 0.433. The second-order valence-electron chi connectivity index (χ2n) is 6.32. The quantitative estimate of drug-likeness (QED) is 0.894. The molecule has 0 saturated heterocycles. The molecule has 110 valence electrons. The molecule has 2 aliphatic carbocycles. The molecule has 2 saturated carbocycles. The summed E-state index contributed by atoms with van der Waals surface area (Å²) in [6.07, 6.45) is 4.23. The van der Waals surface area contributed by atoms with Gasteiger partial charge in [-0.15, -0.1) is 0 Å². The van der Waals surface area contributed by atoms with Crippen LogP contribution in [-0.2, 0) is 0 Å². The molecule has 1 aromatic carbocycles. The number of hydrogen-bond acceptors (Lipinski definition) is 3. The number of ether oxygens (including phenoxy) is 2. The number of aryl methyl sites for hydroxylation is 1. The highest BCUT2D eigenvalue weighted by molar-refractivity contribution is 5.48. The van der Waals surface area contributed by atoms with Crippen LogP contribution in [0.25, 0.3) is 0 Å². The fraction of sp³-hybridized carbons (Fsp3) is 0.647. The van der Waals surface area contributed by atoms with Gasteiger partial charge in [0.15, 0.2) is 11.5 Å². The van der Waals surface area contributed by atoms with Crippen molar-refractivity contribution in [2.75, 3.05) is 21.3 Å². The van der Waals surface area contributed by atoms with Gasteiger partial charge in [0.05, 0.1) is 14.2 Å². The van der Waals surface area contributed by atoms with Gasteiger partial charge in [-0.1, -0.05) is 0 Å². The Morgan fingerprint density at radius 3 is 2.20 bits per heavy atom. The molecule has 2 fully saturated rings. The molecule has 0 aromatic heterocycles. The maximum Gasteiger partial charge on any atom is 0.161 e. The average molecular weight is 275 g/mol. The molecule has 3 rings (SSSR count). The Balaban J connectivity index is 1.90. The zero-order chi connectivity index (χ0) is 14.3. The summed E-state index contributed by atoms with van der Waals surface area (Å²) in [6.45, 7) is 2.16. The predicted molar refractivity (Wildman–Crippen MR) is 80.4 cm³/mol. The van der Waals surface area contributed by atoms with Gasteiger partial charge in [0.25, 0.3) is 0 Å². The lowest BCUT2D eigenvalue weighted by molar-refractivity contribution is 0.343. The maximum atomic E-state index is 5.47. The van der Waals surface area contributed by atoms with Crippen LogP contribution in [0.4, 0.5) is 0 Å². The highest BCUT2D eigenvalue weighted by Crippen LogP contribution is 2.57. The van der Waals surface area contributed by atoms with Crippen LogP contribution in [0.5, 0.6) is 11.5 Å². The van der Waals surface area contributed by atoms with Gasteiger partial charge in [0, 0.05) is 6.04 Å². The Kier molecular flexibility index (Phi) is 3.63. The van der Waals surface area contributed by atoms with Gasteiger partial charge in [0.1, 0.15) is 0 Å². The van der Waals surface area contributed by atoms with Gasteiger partial charge < -0.3 is 14.8 Å². The Morgan fingerprint density at radius 1 is 1.05 bits per heavy atom. The second-order valence-corrected chi connectivity index (χ2v) is 6.32. The van der Waals surface area contributed by atoms with E-state index >= 15 is 0 Å². The van der Waals surface area contributed by atoms with Crippen molar-refractivity contribution in [3.8, 4) is 11.5 Å². The van der Waals surface area contributed by atoms with E-state index in [1.165, 1.54) is 30.4 Å². The van der Waals surface area contributed by atoms with Crippen LogP contribution in [0, 0.1) is 24.7 Å². The minimum atomic E-state index is 0.433. The van der Waals surface area contributed by atoms with Crippen molar-refractivity contribution in [3.63, 3.8) is 0 Å². The molecule has 3 atom stereocenters. The van der Waals surface area contributed by atoms with E-state index in [2.05, 4.69) is 31.4 Å². The van der Waals surface area contributed by atoms with Crippen molar-refractivity contribution in [3.05, 3.63) is 23.3 Å². The van der Waals surface area contributed by atoms with Crippen molar-refractivity contribution in [2.45, 2.75) is 32.2 Å². The number of fused-ring (bicyclic) bond motifs is 1. The van der Waals surface area contributed by atoms with Crippen molar-refractivity contribution in [1.29, 1.82) is 0 Å². The maximum absolute atomic E-state index is 5.47. The topological polar surface area (TPSA) is 30.5 Å². The molecule has 1 aromatic rings. The molecule has 0 aliphatic heterocycles. The summed E-state index contributed by atoms with van der Waals surface area (Å²) >= 11 is 0. The first kappa shape index (κ1) is 13.7. The van der Waals surface area contributed by atoms with E-state index in [9.17, 15) is 0 Å². The third-order valence-electron chi connectivity index (χ3n) is 5.17. The summed E-state index contributed by atoms with van der Waals surface area (Å²) in [5.41, 5.74) is 2.64. The molecular weight excluding hydrogens is 250 g/mol. The Bertz CT molecular complexity index is 490. The molecule has 0 spiro atoms. The SMILES string of the molecule is CNC(c1cc(OC)c(OC)cc1C)C1CC2CC2C1. The van der Waals surface area contributed by atoms with E-state index in [4.69, 9.17) is 9.47 Å². The average Bonchev–Trinajstić information content (AvgIpc) is 3.07. The molecule has 0 amide bonds. The van der Waals surface area contributed by atoms with Crippen LogP contribution >= 0.6 is 0 Å². The van der Waals surface area contributed by atoms with Gasteiger partial charge in [-0.25, -0.2) is 0 Å². The first-order chi connectivity index (χ1) is 9.67. The summed E-state index contributed by atoms with van der Waals surface area (Å²) in [5, 5.41) is 3.53. The van der Waals surface area contributed by atoms with Crippen LogP contribution < -0.4 is 14.8 Å². The van der Waals surface area contributed by atoms with Crippen LogP contribution in [0.1, 0.15) is 36.4 Å². The molecule has 3 nitrogen and oxygen atoms in total. The van der Waals surface area contributed by atoms with E-state index < -0.39 is 0 Å². The predicted octanol–water partition coefficient (Wildman–Crippen LogP) is 3.32. The van der Waals surface area contributed by atoms with Crippen molar-refractivity contribution < 1.29 is 9.47 Å². The molecule has 1 N–H and O–H groups in total. The second kappa shape index (κ2) is 5.28. The number of hydrogen-bond donors (Lipinski definition) is 1. The molecule has 2 aliphatic rings. The van der Waals surface area contributed by atoms with Crippen molar-refractivity contribution in [2.24, 2.45) is 17.8 Å². The molecular formula is C17H25NO2. The van der Waals surface area contributed by atoms with E-state index in [0.717, 1.165) is 29.3 Å². The summed E-state index contributed by atoms with van der Waals surface area (Å²) < 4.78 is 10.9. The van der Waals surface area contributed by atoms with E-state index in [1.807, 2.05) is 0 Å². The lowest BCUT2D eigenvalue weighted by atomic mass is 9.87. The molecule has 0 radical (unpaired) electrons. The Labute approximate surface area is 121 Å². The van der Waals surface area contributed by atoms with Crippen LogP contribution in [-0.4, -0.2) is 21.3 Å². The fourth-order valence-electron chi connectivity index (χ4n) is 4.01. The first-order valence-corrected chi connectivity index (χ1v) is 7.57. The highest BCUT2D eigenvalue weighted by Gasteiger charge is 2.48. The van der Waals surface area contributed by atoms with Gasteiger partial charge in [-0.3, -0.25) is 0 Å². The Hall–Kier alpha value is -1.22. The summed E-state index contributed by atoms with van der Waals surface area (Å²) in [5.74, 6) is 4.43. The normalized spacial score (nSPS) is 28.9. The molecule has 0 heterocycles. The third kappa shape index (κ3) is 2.28. The lowest BCUT2D eigenvalue weighted by Gasteiger charge is -2.27. The molecule has 0 bridgehead atoms. The first-order valence-electron chi connectivity index (χ1n) is 7.57. The number of benzene rings is 1. The van der Waals surface area contributed by atoms with Crippen molar-refractivity contribution >= 4 is 0 Å². The smallest absolute Gasteiger partial charge is 0.161 e. The highest BCUT2D eigenvalue weighted by atomic mass is 16.5. The van der Waals surface area contributed by atoms with Crippen molar-refractivity contribution in [1.82, 2.24) is 5.32 Å². The number of rotatable bonds is 5. The zero-order valence-electron chi connectivity index (χ0n) is 12.9. The van der Waals surface area contributed by atoms with Crippen LogP contribution in [0.15, 0.2) is 12.1 Å².